The molecule has 1 aromatic rings. The van der Waals surface area contributed by atoms with Gasteiger partial charge in [-0.1, -0.05) is 0 Å². The van der Waals surface area contributed by atoms with Gasteiger partial charge in [-0.3, -0.25) is 4.98 Å². The third kappa shape index (κ3) is 3.53. The largest absolute Gasteiger partial charge is 0.378 e. The lowest BCUT2D eigenvalue weighted by atomic mass is 10.1. The number of ether oxygens (including phenoxy) is 1. The molecule has 0 radical (unpaired) electrons. The van der Waals surface area contributed by atoms with Crippen LogP contribution < -0.4 is 0 Å². The summed E-state index contributed by atoms with van der Waals surface area (Å²) in [5, 5.41) is 0. The van der Waals surface area contributed by atoms with Crippen molar-refractivity contribution in [2.45, 2.75) is 30.8 Å². The molecule has 0 aromatic carbocycles. The highest BCUT2D eigenvalue weighted by atomic mass is 79.9. The Morgan fingerprint density at radius 3 is 2.68 bits per heavy atom. The predicted molar refractivity (Wildman–Crippen MR) is 75.3 cm³/mol. The normalized spacial score (nSPS) is 18.6. The van der Waals surface area contributed by atoms with Crippen molar-refractivity contribution in [3.05, 3.63) is 22.9 Å². The lowest BCUT2D eigenvalue weighted by molar-refractivity contribution is 0.0290. The molecule has 0 saturated carbocycles. The zero-order chi connectivity index (χ0) is 13.9. The van der Waals surface area contributed by atoms with Gasteiger partial charge in [-0.25, -0.2) is 8.42 Å². The van der Waals surface area contributed by atoms with Gasteiger partial charge in [-0.2, -0.15) is 4.31 Å². The Morgan fingerprint density at radius 2 is 2.11 bits per heavy atom. The average Bonchev–Trinajstić information content (AvgIpc) is 2.40. The van der Waals surface area contributed by atoms with E-state index >= 15 is 0 Å². The molecule has 0 aliphatic carbocycles. The maximum atomic E-state index is 12.4. The summed E-state index contributed by atoms with van der Waals surface area (Å²) in [6, 6.07) is 1.58. The van der Waals surface area contributed by atoms with Crippen molar-refractivity contribution in [2.24, 2.45) is 0 Å². The highest BCUT2D eigenvalue weighted by molar-refractivity contribution is 9.10. The SMILES string of the molecule is CCOC1CCN(S(=O)(=O)c2cncc(Br)c2)CC1. The van der Waals surface area contributed by atoms with Gasteiger partial charge in [0.05, 0.1) is 6.10 Å². The molecular formula is C12H17BrN2O3S. The van der Waals surface area contributed by atoms with Crippen LogP contribution in [0.5, 0.6) is 0 Å². The molecule has 7 heteroatoms. The summed E-state index contributed by atoms with van der Waals surface area (Å²) < 4.78 is 32.6. The quantitative estimate of drug-likeness (QED) is 0.835. The van der Waals surface area contributed by atoms with Gasteiger partial charge < -0.3 is 4.74 Å². The van der Waals surface area contributed by atoms with Crippen molar-refractivity contribution in [1.82, 2.24) is 9.29 Å². The molecule has 1 fully saturated rings. The van der Waals surface area contributed by atoms with Crippen molar-refractivity contribution in [2.75, 3.05) is 19.7 Å². The summed E-state index contributed by atoms with van der Waals surface area (Å²) in [6.07, 6.45) is 4.62. The smallest absolute Gasteiger partial charge is 0.244 e. The van der Waals surface area contributed by atoms with E-state index in [0.717, 1.165) is 12.8 Å². The Kier molecular flexibility index (Phi) is 4.94. The molecule has 5 nitrogen and oxygen atoms in total. The lowest BCUT2D eigenvalue weighted by Crippen LogP contribution is -2.40. The molecule has 1 aromatic heterocycles. The first-order valence-corrected chi connectivity index (χ1v) is 8.49. The summed E-state index contributed by atoms with van der Waals surface area (Å²) in [5.41, 5.74) is 0. The minimum Gasteiger partial charge on any atom is -0.378 e. The molecule has 0 atom stereocenters. The van der Waals surface area contributed by atoms with E-state index in [1.54, 1.807) is 12.3 Å². The number of aromatic nitrogens is 1. The Bertz CT molecular complexity index is 528. The highest BCUT2D eigenvalue weighted by Gasteiger charge is 2.29. The predicted octanol–water partition coefficient (Wildman–Crippen LogP) is 2.03. The second-order valence-corrected chi connectivity index (χ2v) is 7.25. The first-order valence-electron chi connectivity index (χ1n) is 6.26. The zero-order valence-electron chi connectivity index (χ0n) is 10.8. The van der Waals surface area contributed by atoms with Crippen LogP contribution in [-0.2, 0) is 14.8 Å². The molecule has 106 valence electrons. The van der Waals surface area contributed by atoms with Crippen LogP contribution >= 0.6 is 15.9 Å². The fourth-order valence-electron chi connectivity index (χ4n) is 2.16. The van der Waals surface area contributed by atoms with Crippen LogP contribution in [0.15, 0.2) is 27.8 Å². The minimum atomic E-state index is -3.44. The van der Waals surface area contributed by atoms with Gasteiger partial charge in [-0.15, -0.1) is 0 Å². The summed E-state index contributed by atoms with van der Waals surface area (Å²) in [7, 11) is -3.44. The first-order chi connectivity index (χ1) is 9.04. The maximum absolute atomic E-state index is 12.4. The van der Waals surface area contributed by atoms with Gasteiger partial charge in [0, 0.05) is 36.6 Å². The number of pyridine rings is 1. The molecule has 0 amide bonds. The van der Waals surface area contributed by atoms with E-state index in [0.29, 0.717) is 24.2 Å². The van der Waals surface area contributed by atoms with Gasteiger partial charge in [0.2, 0.25) is 10.0 Å². The van der Waals surface area contributed by atoms with Crippen molar-refractivity contribution in [3.8, 4) is 0 Å². The van der Waals surface area contributed by atoms with Crippen LogP contribution in [0.4, 0.5) is 0 Å². The summed E-state index contributed by atoms with van der Waals surface area (Å²) >= 11 is 3.24. The van der Waals surface area contributed by atoms with Crippen molar-refractivity contribution < 1.29 is 13.2 Å². The van der Waals surface area contributed by atoms with E-state index in [2.05, 4.69) is 20.9 Å². The molecule has 0 spiro atoms. The summed E-state index contributed by atoms with van der Waals surface area (Å²) in [6.45, 7) is 3.63. The second kappa shape index (κ2) is 6.30. The topological polar surface area (TPSA) is 59.5 Å². The van der Waals surface area contributed by atoms with E-state index in [-0.39, 0.29) is 11.0 Å². The number of halogens is 1. The molecule has 1 aliphatic rings. The van der Waals surface area contributed by atoms with E-state index in [9.17, 15) is 8.42 Å². The fraction of sp³-hybridized carbons (Fsp3) is 0.583. The van der Waals surface area contributed by atoms with Gasteiger partial charge in [-0.05, 0) is 41.8 Å². The van der Waals surface area contributed by atoms with Crippen LogP contribution in [0, 0.1) is 0 Å². The van der Waals surface area contributed by atoms with Crippen LogP contribution in [0.3, 0.4) is 0 Å². The Hall–Kier alpha value is -0.500. The molecule has 19 heavy (non-hydrogen) atoms. The molecule has 0 unspecified atom stereocenters. The van der Waals surface area contributed by atoms with E-state index < -0.39 is 10.0 Å². The monoisotopic (exact) mass is 348 g/mol. The Labute approximate surface area is 122 Å². The van der Waals surface area contributed by atoms with Crippen LogP contribution in [0.2, 0.25) is 0 Å². The van der Waals surface area contributed by atoms with Crippen LogP contribution in [0.25, 0.3) is 0 Å². The number of hydrogen-bond acceptors (Lipinski definition) is 4. The second-order valence-electron chi connectivity index (χ2n) is 4.40. The van der Waals surface area contributed by atoms with Crippen LogP contribution in [-0.4, -0.2) is 43.5 Å². The molecule has 1 saturated heterocycles. The van der Waals surface area contributed by atoms with E-state index in [4.69, 9.17) is 4.74 Å². The Morgan fingerprint density at radius 1 is 1.42 bits per heavy atom. The maximum Gasteiger partial charge on any atom is 0.244 e. The van der Waals surface area contributed by atoms with Gasteiger partial charge >= 0.3 is 0 Å². The molecule has 0 N–H and O–H groups in total. The van der Waals surface area contributed by atoms with Gasteiger partial charge in [0.15, 0.2) is 0 Å². The van der Waals surface area contributed by atoms with Gasteiger partial charge in [0.1, 0.15) is 4.90 Å². The number of piperidine rings is 1. The molecular weight excluding hydrogens is 332 g/mol. The van der Waals surface area contributed by atoms with E-state index in [1.165, 1.54) is 10.5 Å². The third-order valence-electron chi connectivity index (χ3n) is 3.12. The zero-order valence-corrected chi connectivity index (χ0v) is 13.2. The van der Waals surface area contributed by atoms with Crippen LogP contribution in [0.1, 0.15) is 19.8 Å². The minimum absolute atomic E-state index is 0.178. The Balaban J connectivity index is 2.10. The number of rotatable bonds is 4. The first kappa shape index (κ1) is 14.9. The van der Waals surface area contributed by atoms with Crippen molar-refractivity contribution in [1.29, 1.82) is 0 Å². The fourth-order valence-corrected chi connectivity index (χ4v) is 4.13. The molecule has 2 heterocycles. The summed E-state index contributed by atoms with van der Waals surface area (Å²) in [4.78, 5) is 4.15. The highest BCUT2D eigenvalue weighted by Crippen LogP contribution is 2.23. The standard InChI is InChI=1S/C12H17BrN2O3S/c1-2-18-11-3-5-15(6-4-11)19(16,17)12-7-10(13)8-14-9-12/h7-9,11H,2-6H2,1H3. The number of nitrogens with zero attached hydrogens (tertiary/aromatic N) is 2. The van der Waals surface area contributed by atoms with Crippen molar-refractivity contribution >= 4 is 26.0 Å². The lowest BCUT2D eigenvalue weighted by Gasteiger charge is -2.30. The average molecular weight is 349 g/mol. The number of sulfonamides is 1. The third-order valence-corrected chi connectivity index (χ3v) is 5.42. The number of hydrogen-bond donors (Lipinski definition) is 0. The molecule has 0 bridgehead atoms. The summed E-state index contributed by atoms with van der Waals surface area (Å²) in [5.74, 6) is 0. The van der Waals surface area contributed by atoms with Gasteiger partial charge in [0.25, 0.3) is 0 Å². The molecule has 2 rings (SSSR count). The van der Waals surface area contributed by atoms with E-state index in [1.807, 2.05) is 6.92 Å². The molecule has 1 aliphatic heterocycles. The van der Waals surface area contributed by atoms with Crippen molar-refractivity contribution in [3.63, 3.8) is 0 Å².